The third-order valence-electron chi connectivity index (χ3n) is 4.74. The molecule has 0 bridgehead atoms. The van der Waals surface area contributed by atoms with Crippen LogP contribution in [0.3, 0.4) is 0 Å². The number of hydrogen-bond donors (Lipinski definition) is 1. The summed E-state index contributed by atoms with van der Waals surface area (Å²) >= 11 is 0. The Morgan fingerprint density at radius 1 is 1.10 bits per heavy atom. The van der Waals surface area contributed by atoms with Crippen LogP contribution in [-0.2, 0) is 11.2 Å². The van der Waals surface area contributed by atoms with Gasteiger partial charge in [-0.3, -0.25) is 4.79 Å². The standard InChI is InChI=1S/C23H17FN4O2/c1-30-23-18(13-26)21(15-9-5-6-10-19(15)24)17(12-25)20(28-23)11-16(22(27)29)14-7-3-2-4-8-14/h2-10,16H,11H2,1H3,(H2,27,29)/t16-/m1/s1. The van der Waals surface area contributed by atoms with Crippen molar-refractivity contribution in [2.24, 2.45) is 5.73 Å². The van der Waals surface area contributed by atoms with Crippen molar-refractivity contribution >= 4 is 5.91 Å². The highest BCUT2D eigenvalue weighted by molar-refractivity contribution is 5.83. The maximum atomic E-state index is 14.6. The van der Waals surface area contributed by atoms with Gasteiger partial charge < -0.3 is 10.5 Å². The molecule has 1 atom stereocenters. The summed E-state index contributed by atoms with van der Waals surface area (Å²) in [5.74, 6) is -2.01. The topological polar surface area (TPSA) is 113 Å². The van der Waals surface area contributed by atoms with Crippen LogP contribution in [-0.4, -0.2) is 18.0 Å². The molecule has 0 aliphatic rings. The molecule has 0 saturated heterocycles. The quantitative estimate of drug-likeness (QED) is 0.681. The van der Waals surface area contributed by atoms with E-state index in [-0.39, 0.29) is 40.2 Å². The smallest absolute Gasteiger partial charge is 0.232 e. The number of carbonyl (C=O) groups excluding carboxylic acids is 1. The van der Waals surface area contributed by atoms with Crippen LogP contribution in [0.4, 0.5) is 4.39 Å². The predicted octanol–water partition coefficient (Wildman–Crippen LogP) is 3.45. The Labute approximate surface area is 173 Å². The number of ether oxygens (including phenoxy) is 1. The molecule has 7 heteroatoms. The molecule has 0 radical (unpaired) electrons. The molecule has 1 heterocycles. The van der Waals surface area contributed by atoms with Gasteiger partial charge in [0.1, 0.15) is 23.5 Å². The highest BCUT2D eigenvalue weighted by Gasteiger charge is 2.27. The molecule has 0 spiro atoms. The fraction of sp³-hybridized carbons (Fsp3) is 0.130. The lowest BCUT2D eigenvalue weighted by atomic mass is 9.88. The lowest BCUT2D eigenvalue weighted by molar-refractivity contribution is -0.119. The first-order valence-electron chi connectivity index (χ1n) is 9.02. The Balaban J connectivity index is 2.27. The first-order valence-corrected chi connectivity index (χ1v) is 9.02. The molecule has 0 fully saturated rings. The van der Waals surface area contributed by atoms with Crippen molar-refractivity contribution in [2.75, 3.05) is 7.11 Å². The second-order valence-corrected chi connectivity index (χ2v) is 6.47. The number of carbonyl (C=O) groups is 1. The molecule has 148 valence electrons. The number of nitriles is 2. The van der Waals surface area contributed by atoms with Crippen LogP contribution in [0.2, 0.25) is 0 Å². The predicted molar refractivity (Wildman–Crippen MR) is 108 cm³/mol. The lowest BCUT2D eigenvalue weighted by Gasteiger charge is -2.18. The van der Waals surface area contributed by atoms with Gasteiger partial charge in [0.2, 0.25) is 11.8 Å². The number of rotatable bonds is 6. The summed E-state index contributed by atoms with van der Waals surface area (Å²) in [6.07, 6.45) is -0.00817. The monoisotopic (exact) mass is 400 g/mol. The number of nitrogens with two attached hydrogens (primary N) is 1. The summed E-state index contributed by atoms with van der Waals surface area (Å²) in [7, 11) is 1.33. The zero-order valence-electron chi connectivity index (χ0n) is 16.1. The zero-order chi connectivity index (χ0) is 21.7. The lowest BCUT2D eigenvalue weighted by Crippen LogP contribution is -2.24. The van der Waals surface area contributed by atoms with Crippen molar-refractivity contribution in [1.82, 2.24) is 4.98 Å². The van der Waals surface area contributed by atoms with E-state index in [1.165, 1.54) is 25.3 Å². The Morgan fingerprint density at radius 2 is 1.73 bits per heavy atom. The minimum Gasteiger partial charge on any atom is -0.480 e. The molecule has 3 rings (SSSR count). The van der Waals surface area contributed by atoms with Crippen LogP contribution >= 0.6 is 0 Å². The van der Waals surface area contributed by atoms with E-state index in [4.69, 9.17) is 10.5 Å². The van der Waals surface area contributed by atoms with E-state index in [0.717, 1.165) is 0 Å². The number of hydrogen-bond acceptors (Lipinski definition) is 5. The third kappa shape index (κ3) is 3.82. The third-order valence-corrected chi connectivity index (χ3v) is 4.74. The summed E-state index contributed by atoms with van der Waals surface area (Å²) in [5.41, 5.74) is 6.56. The van der Waals surface area contributed by atoms with E-state index < -0.39 is 17.6 Å². The van der Waals surface area contributed by atoms with Crippen LogP contribution in [0.5, 0.6) is 5.88 Å². The minimum atomic E-state index is -0.767. The van der Waals surface area contributed by atoms with Crippen molar-refractivity contribution in [2.45, 2.75) is 12.3 Å². The van der Waals surface area contributed by atoms with Crippen molar-refractivity contribution < 1.29 is 13.9 Å². The average molecular weight is 400 g/mol. The van der Waals surface area contributed by atoms with E-state index in [1.54, 1.807) is 30.3 Å². The molecule has 30 heavy (non-hydrogen) atoms. The van der Waals surface area contributed by atoms with Gasteiger partial charge in [0, 0.05) is 17.5 Å². The van der Waals surface area contributed by atoms with Gasteiger partial charge in [-0.25, -0.2) is 9.37 Å². The van der Waals surface area contributed by atoms with Gasteiger partial charge in [-0.2, -0.15) is 10.5 Å². The molecule has 1 aromatic heterocycles. The van der Waals surface area contributed by atoms with E-state index in [1.807, 2.05) is 18.2 Å². The summed E-state index contributed by atoms with van der Waals surface area (Å²) in [4.78, 5) is 16.5. The molecular weight excluding hydrogens is 383 g/mol. The Kier molecular flexibility index (Phi) is 6.05. The van der Waals surface area contributed by atoms with Crippen LogP contribution in [0.25, 0.3) is 11.1 Å². The van der Waals surface area contributed by atoms with Gasteiger partial charge >= 0.3 is 0 Å². The molecular formula is C23H17FN4O2. The zero-order valence-corrected chi connectivity index (χ0v) is 16.1. The fourth-order valence-corrected chi connectivity index (χ4v) is 3.32. The van der Waals surface area contributed by atoms with Gasteiger partial charge in [0.15, 0.2) is 0 Å². The highest BCUT2D eigenvalue weighted by atomic mass is 19.1. The molecule has 3 aromatic rings. The number of primary amides is 1. The summed E-state index contributed by atoms with van der Waals surface area (Å²) < 4.78 is 19.8. The van der Waals surface area contributed by atoms with E-state index in [2.05, 4.69) is 4.98 Å². The van der Waals surface area contributed by atoms with Crippen molar-refractivity contribution in [3.63, 3.8) is 0 Å². The molecule has 0 aliphatic heterocycles. The van der Waals surface area contributed by atoms with Crippen LogP contribution < -0.4 is 10.5 Å². The Bertz CT molecular complexity index is 1180. The van der Waals surface area contributed by atoms with Gasteiger partial charge in [-0.1, -0.05) is 48.5 Å². The molecule has 0 aliphatic carbocycles. The van der Waals surface area contributed by atoms with Crippen molar-refractivity contribution in [3.8, 4) is 29.1 Å². The second kappa shape index (κ2) is 8.85. The number of halogens is 1. The van der Waals surface area contributed by atoms with Crippen LogP contribution in [0, 0.1) is 28.5 Å². The maximum absolute atomic E-state index is 14.6. The number of amides is 1. The van der Waals surface area contributed by atoms with Gasteiger partial charge in [-0.05, 0) is 11.6 Å². The van der Waals surface area contributed by atoms with Crippen LogP contribution in [0.1, 0.15) is 28.3 Å². The largest absolute Gasteiger partial charge is 0.480 e. The van der Waals surface area contributed by atoms with Crippen molar-refractivity contribution in [3.05, 3.63) is 82.8 Å². The van der Waals surface area contributed by atoms with E-state index in [9.17, 15) is 19.7 Å². The first-order chi connectivity index (χ1) is 14.5. The second-order valence-electron chi connectivity index (χ2n) is 6.47. The normalized spacial score (nSPS) is 11.2. The summed E-state index contributed by atoms with van der Waals surface area (Å²) in [6.45, 7) is 0. The fourth-order valence-electron chi connectivity index (χ4n) is 3.32. The maximum Gasteiger partial charge on any atom is 0.232 e. The molecule has 2 aromatic carbocycles. The number of benzene rings is 2. The summed E-state index contributed by atoms with van der Waals surface area (Å²) in [6, 6.07) is 18.6. The summed E-state index contributed by atoms with van der Waals surface area (Å²) in [5, 5.41) is 19.5. The van der Waals surface area contributed by atoms with E-state index >= 15 is 0 Å². The van der Waals surface area contributed by atoms with Gasteiger partial charge in [-0.15, -0.1) is 0 Å². The number of pyridine rings is 1. The van der Waals surface area contributed by atoms with Crippen molar-refractivity contribution in [1.29, 1.82) is 10.5 Å². The van der Waals surface area contributed by atoms with Crippen LogP contribution in [0.15, 0.2) is 54.6 Å². The minimum absolute atomic E-state index is 0.000342. The highest BCUT2D eigenvalue weighted by Crippen LogP contribution is 2.36. The van der Waals surface area contributed by atoms with Gasteiger partial charge in [0.25, 0.3) is 0 Å². The Morgan fingerprint density at radius 3 is 2.30 bits per heavy atom. The number of aromatic nitrogens is 1. The van der Waals surface area contributed by atoms with Gasteiger partial charge in [0.05, 0.1) is 24.3 Å². The Hall–Kier alpha value is -4.23. The SMILES string of the molecule is COc1nc(C[C@@H](C(N)=O)c2ccccc2)c(C#N)c(-c2ccccc2F)c1C#N. The molecule has 0 unspecified atom stereocenters. The average Bonchev–Trinajstić information content (AvgIpc) is 2.77. The first kappa shape index (κ1) is 20.5. The number of nitrogens with zero attached hydrogens (tertiary/aromatic N) is 3. The molecule has 1 amide bonds. The molecule has 0 saturated carbocycles. The van der Waals surface area contributed by atoms with E-state index in [0.29, 0.717) is 5.56 Å². The molecule has 2 N–H and O–H groups in total. The number of methoxy groups -OCH3 is 1. The molecule has 6 nitrogen and oxygen atoms in total.